The number of carbonyl (C=O) groups is 1. The second-order valence-electron chi connectivity index (χ2n) is 7.50. The van der Waals surface area contributed by atoms with Gasteiger partial charge in [-0.2, -0.15) is 0 Å². The number of nitrogens with zero attached hydrogens (tertiary/aromatic N) is 4. The third-order valence-electron chi connectivity index (χ3n) is 5.64. The Labute approximate surface area is 148 Å². The predicted octanol–water partition coefficient (Wildman–Crippen LogP) is 2.93. The monoisotopic (exact) mass is 342 g/mol. The first-order valence-corrected chi connectivity index (χ1v) is 9.40. The minimum Gasteiger partial charge on any atom is -0.361 e. The molecule has 4 rings (SSSR count). The van der Waals surface area contributed by atoms with Crippen LogP contribution in [0.2, 0.25) is 0 Å². The van der Waals surface area contributed by atoms with Gasteiger partial charge in [0.25, 0.3) is 0 Å². The first-order valence-electron chi connectivity index (χ1n) is 9.40. The third kappa shape index (κ3) is 3.62. The maximum absolute atomic E-state index is 12.4. The minimum atomic E-state index is 0.132. The smallest absolute Gasteiger partial charge is 0.230 e. The van der Waals surface area contributed by atoms with Crippen LogP contribution in [0.15, 0.2) is 23.0 Å². The van der Waals surface area contributed by atoms with Crippen LogP contribution < -0.4 is 0 Å². The number of rotatable bonds is 5. The summed E-state index contributed by atoms with van der Waals surface area (Å²) >= 11 is 0. The second kappa shape index (κ2) is 7.02. The van der Waals surface area contributed by atoms with Crippen molar-refractivity contribution in [2.24, 2.45) is 5.92 Å². The molecule has 0 N–H and O–H groups in total. The molecule has 3 heterocycles. The van der Waals surface area contributed by atoms with E-state index in [-0.39, 0.29) is 5.91 Å². The highest BCUT2D eigenvalue weighted by atomic mass is 16.5. The highest BCUT2D eigenvalue weighted by molar-refractivity contribution is 5.78. The fourth-order valence-electron chi connectivity index (χ4n) is 3.94. The zero-order valence-electron chi connectivity index (χ0n) is 14.9. The lowest BCUT2D eigenvalue weighted by Gasteiger charge is -2.33. The molecule has 0 radical (unpaired) electrons. The summed E-state index contributed by atoms with van der Waals surface area (Å²) in [6.07, 6.45) is 10.4. The van der Waals surface area contributed by atoms with Crippen molar-refractivity contribution in [3.05, 3.63) is 35.7 Å². The van der Waals surface area contributed by atoms with Crippen molar-refractivity contribution in [1.82, 2.24) is 19.6 Å². The summed E-state index contributed by atoms with van der Waals surface area (Å²) in [5.74, 6) is 3.30. The van der Waals surface area contributed by atoms with E-state index >= 15 is 0 Å². The van der Waals surface area contributed by atoms with Gasteiger partial charge in [-0.25, -0.2) is 4.98 Å². The number of aryl methyl sites for hydroxylation is 1. The normalized spacial score (nSPS) is 19.2. The Balaban J connectivity index is 1.32. The lowest BCUT2D eigenvalue weighted by atomic mass is 9.85. The fourth-order valence-corrected chi connectivity index (χ4v) is 3.94. The van der Waals surface area contributed by atoms with Crippen molar-refractivity contribution in [3.8, 4) is 0 Å². The summed E-state index contributed by atoms with van der Waals surface area (Å²) in [6.45, 7) is 4.58. The summed E-state index contributed by atoms with van der Waals surface area (Å²) in [5.41, 5.74) is 0.819. The van der Waals surface area contributed by atoms with E-state index in [9.17, 15) is 4.79 Å². The molecular weight excluding hydrogens is 316 g/mol. The fraction of sp³-hybridized carbons (Fsp3) is 0.632. The van der Waals surface area contributed by atoms with Gasteiger partial charge >= 0.3 is 0 Å². The van der Waals surface area contributed by atoms with Crippen molar-refractivity contribution < 1.29 is 9.32 Å². The van der Waals surface area contributed by atoms with Gasteiger partial charge in [-0.3, -0.25) is 4.79 Å². The highest BCUT2D eigenvalue weighted by Gasteiger charge is 2.28. The van der Waals surface area contributed by atoms with Gasteiger partial charge in [-0.1, -0.05) is 11.6 Å². The summed E-state index contributed by atoms with van der Waals surface area (Å²) in [5, 5.41) is 3.85. The number of imidazole rings is 1. The van der Waals surface area contributed by atoms with Crippen molar-refractivity contribution in [2.45, 2.75) is 57.9 Å². The predicted molar refractivity (Wildman–Crippen MR) is 93.1 cm³/mol. The molecule has 2 aromatic heterocycles. The van der Waals surface area contributed by atoms with Crippen LogP contribution in [0, 0.1) is 12.8 Å². The maximum Gasteiger partial charge on any atom is 0.230 e. The first kappa shape index (κ1) is 16.4. The highest BCUT2D eigenvalue weighted by Crippen LogP contribution is 2.31. The van der Waals surface area contributed by atoms with Crippen LogP contribution in [0.5, 0.6) is 0 Å². The standard InChI is InChI=1S/C19H26N4O2/c1-14-11-17(25-21-14)12-18(24)22-8-5-16(6-9-22)19-20-7-10-23(19)13-15-3-2-4-15/h7,10-11,15-16H,2-6,8-9,12-13H2,1H3. The Morgan fingerprint density at radius 3 is 2.72 bits per heavy atom. The molecule has 6 heteroatoms. The maximum atomic E-state index is 12.4. The number of aromatic nitrogens is 3. The number of likely N-dealkylation sites (tertiary alicyclic amines) is 1. The van der Waals surface area contributed by atoms with Gasteiger partial charge in [0.2, 0.25) is 5.91 Å². The molecule has 1 amide bonds. The zero-order chi connectivity index (χ0) is 17.2. The summed E-state index contributed by atoms with van der Waals surface area (Å²) < 4.78 is 7.51. The van der Waals surface area contributed by atoms with Gasteiger partial charge in [-0.05, 0) is 38.5 Å². The number of piperidine rings is 1. The average molecular weight is 342 g/mol. The van der Waals surface area contributed by atoms with Crippen LogP contribution >= 0.6 is 0 Å². The molecule has 1 aliphatic heterocycles. The molecule has 2 aliphatic rings. The van der Waals surface area contributed by atoms with Gasteiger partial charge in [0, 0.05) is 44.0 Å². The van der Waals surface area contributed by atoms with Gasteiger partial charge in [0.1, 0.15) is 11.6 Å². The molecule has 0 spiro atoms. The molecule has 6 nitrogen and oxygen atoms in total. The van der Waals surface area contributed by atoms with Crippen LogP contribution in [0.1, 0.15) is 55.3 Å². The Hall–Kier alpha value is -2.11. The van der Waals surface area contributed by atoms with Crippen molar-refractivity contribution >= 4 is 5.91 Å². The van der Waals surface area contributed by atoms with E-state index in [4.69, 9.17) is 4.52 Å². The lowest BCUT2D eigenvalue weighted by molar-refractivity contribution is -0.131. The Kier molecular flexibility index (Phi) is 4.59. The molecule has 0 bridgehead atoms. The molecule has 1 saturated carbocycles. The first-order chi connectivity index (χ1) is 12.2. The zero-order valence-corrected chi connectivity index (χ0v) is 14.9. The number of carbonyl (C=O) groups excluding carboxylic acids is 1. The molecule has 2 aromatic rings. The van der Waals surface area contributed by atoms with Crippen LogP contribution in [-0.2, 0) is 17.8 Å². The van der Waals surface area contributed by atoms with E-state index in [0.717, 1.165) is 44.1 Å². The van der Waals surface area contributed by atoms with E-state index in [1.54, 1.807) is 0 Å². The van der Waals surface area contributed by atoms with Gasteiger partial charge in [0.05, 0.1) is 12.1 Å². The molecule has 2 fully saturated rings. The van der Waals surface area contributed by atoms with Crippen molar-refractivity contribution in [2.75, 3.05) is 13.1 Å². The van der Waals surface area contributed by atoms with Gasteiger partial charge in [-0.15, -0.1) is 0 Å². The Morgan fingerprint density at radius 2 is 2.08 bits per heavy atom. The van der Waals surface area contributed by atoms with Crippen molar-refractivity contribution in [3.63, 3.8) is 0 Å². The van der Waals surface area contributed by atoms with Gasteiger partial charge in [0.15, 0.2) is 0 Å². The molecule has 0 atom stereocenters. The summed E-state index contributed by atoms with van der Waals surface area (Å²) in [4.78, 5) is 19.0. The molecule has 1 saturated heterocycles. The van der Waals surface area contributed by atoms with E-state index in [1.165, 1.54) is 25.1 Å². The summed E-state index contributed by atoms with van der Waals surface area (Å²) in [7, 11) is 0. The van der Waals surface area contributed by atoms with E-state index < -0.39 is 0 Å². The van der Waals surface area contributed by atoms with E-state index in [2.05, 4.69) is 20.9 Å². The molecule has 0 aromatic carbocycles. The van der Waals surface area contributed by atoms with Crippen LogP contribution in [-0.4, -0.2) is 38.6 Å². The average Bonchev–Trinajstić information content (AvgIpc) is 3.20. The topological polar surface area (TPSA) is 64.2 Å². The SMILES string of the molecule is Cc1cc(CC(=O)N2CCC(c3nccn3CC3CCC3)CC2)on1. The molecule has 134 valence electrons. The Bertz CT molecular complexity index is 723. The largest absolute Gasteiger partial charge is 0.361 e. The molecular formula is C19H26N4O2. The van der Waals surface area contributed by atoms with Crippen LogP contribution in [0.4, 0.5) is 0 Å². The van der Waals surface area contributed by atoms with E-state index in [1.807, 2.05) is 24.1 Å². The molecule has 0 unspecified atom stereocenters. The minimum absolute atomic E-state index is 0.132. The number of amides is 1. The quantitative estimate of drug-likeness (QED) is 0.838. The van der Waals surface area contributed by atoms with Gasteiger partial charge < -0.3 is 14.0 Å². The van der Waals surface area contributed by atoms with Crippen LogP contribution in [0.3, 0.4) is 0 Å². The third-order valence-corrected chi connectivity index (χ3v) is 5.64. The van der Waals surface area contributed by atoms with Crippen molar-refractivity contribution in [1.29, 1.82) is 0 Å². The summed E-state index contributed by atoms with van der Waals surface area (Å²) in [6, 6.07) is 1.84. The van der Waals surface area contributed by atoms with Crippen LogP contribution in [0.25, 0.3) is 0 Å². The number of hydrogen-bond acceptors (Lipinski definition) is 4. The Morgan fingerprint density at radius 1 is 1.28 bits per heavy atom. The molecule has 1 aliphatic carbocycles. The van der Waals surface area contributed by atoms with E-state index in [0.29, 0.717) is 18.1 Å². The number of hydrogen-bond donors (Lipinski definition) is 0. The molecule has 25 heavy (non-hydrogen) atoms. The lowest BCUT2D eigenvalue weighted by Crippen LogP contribution is -2.39. The second-order valence-corrected chi connectivity index (χ2v) is 7.50.